The standard InChI is InChI=1S/C16H24N2O/c1-12(18-9-7-17-8-10-18)16(19)15-6-5-13-3-2-4-14(13)11-15/h5-6,11-12,16-17,19H,2-4,7-10H2,1H3. The molecular weight excluding hydrogens is 236 g/mol. The summed E-state index contributed by atoms with van der Waals surface area (Å²) in [6.07, 6.45) is 3.28. The molecule has 1 heterocycles. The van der Waals surface area contributed by atoms with Crippen LogP contribution in [-0.4, -0.2) is 42.2 Å². The number of fused-ring (bicyclic) bond motifs is 1. The van der Waals surface area contributed by atoms with Gasteiger partial charge in [-0.3, -0.25) is 4.90 Å². The molecule has 2 unspecified atom stereocenters. The summed E-state index contributed by atoms with van der Waals surface area (Å²) >= 11 is 0. The van der Waals surface area contributed by atoms with Crippen LogP contribution >= 0.6 is 0 Å². The number of aryl methyl sites for hydroxylation is 2. The quantitative estimate of drug-likeness (QED) is 0.864. The number of hydrogen-bond acceptors (Lipinski definition) is 3. The summed E-state index contributed by atoms with van der Waals surface area (Å²) in [5.74, 6) is 0. The van der Waals surface area contributed by atoms with E-state index in [2.05, 4.69) is 35.3 Å². The van der Waals surface area contributed by atoms with Gasteiger partial charge in [-0.05, 0) is 42.9 Å². The Morgan fingerprint density at radius 1 is 1.16 bits per heavy atom. The smallest absolute Gasteiger partial charge is 0.0942 e. The van der Waals surface area contributed by atoms with Gasteiger partial charge in [0.05, 0.1) is 6.10 Å². The minimum atomic E-state index is -0.371. The van der Waals surface area contributed by atoms with Gasteiger partial charge in [-0.15, -0.1) is 0 Å². The predicted octanol–water partition coefficient (Wildman–Crippen LogP) is 1.50. The average Bonchev–Trinajstić information content (AvgIpc) is 2.94. The number of rotatable bonds is 3. The van der Waals surface area contributed by atoms with E-state index in [4.69, 9.17) is 0 Å². The molecule has 0 bridgehead atoms. The molecule has 3 heteroatoms. The summed E-state index contributed by atoms with van der Waals surface area (Å²) in [6.45, 7) is 6.26. The highest BCUT2D eigenvalue weighted by molar-refractivity contribution is 5.36. The van der Waals surface area contributed by atoms with E-state index in [1.165, 1.54) is 30.4 Å². The van der Waals surface area contributed by atoms with E-state index in [0.29, 0.717) is 0 Å². The second kappa shape index (κ2) is 5.61. The van der Waals surface area contributed by atoms with Crippen molar-refractivity contribution in [2.24, 2.45) is 0 Å². The normalized spacial score (nSPS) is 23.1. The third-order valence-corrected chi connectivity index (χ3v) is 4.65. The highest BCUT2D eigenvalue weighted by Crippen LogP contribution is 2.28. The molecule has 1 aliphatic carbocycles. The zero-order valence-corrected chi connectivity index (χ0v) is 11.7. The molecule has 0 saturated carbocycles. The highest BCUT2D eigenvalue weighted by Gasteiger charge is 2.25. The molecule has 2 atom stereocenters. The lowest BCUT2D eigenvalue weighted by Crippen LogP contribution is -2.49. The Morgan fingerprint density at radius 2 is 1.89 bits per heavy atom. The van der Waals surface area contributed by atoms with E-state index >= 15 is 0 Å². The third-order valence-electron chi connectivity index (χ3n) is 4.65. The zero-order chi connectivity index (χ0) is 13.2. The van der Waals surface area contributed by atoms with E-state index in [9.17, 15) is 5.11 Å². The molecule has 19 heavy (non-hydrogen) atoms. The van der Waals surface area contributed by atoms with Gasteiger partial charge in [0.15, 0.2) is 0 Å². The van der Waals surface area contributed by atoms with Gasteiger partial charge in [-0.25, -0.2) is 0 Å². The van der Waals surface area contributed by atoms with Crippen molar-refractivity contribution in [2.75, 3.05) is 26.2 Å². The Labute approximate surface area is 115 Å². The molecule has 1 aliphatic heterocycles. The van der Waals surface area contributed by atoms with Crippen molar-refractivity contribution in [3.8, 4) is 0 Å². The number of nitrogens with zero attached hydrogens (tertiary/aromatic N) is 1. The first-order valence-electron chi connectivity index (χ1n) is 7.50. The maximum Gasteiger partial charge on any atom is 0.0942 e. The van der Waals surface area contributed by atoms with E-state index < -0.39 is 0 Å². The SMILES string of the molecule is CC(C(O)c1ccc2c(c1)CCC2)N1CCNCC1. The van der Waals surface area contributed by atoms with Crippen LogP contribution in [0.25, 0.3) is 0 Å². The predicted molar refractivity (Wildman–Crippen MR) is 77.3 cm³/mol. The lowest BCUT2D eigenvalue weighted by molar-refractivity contribution is 0.0510. The Morgan fingerprint density at radius 3 is 2.68 bits per heavy atom. The molecule has 1 fully saturated rings. The molecule has 0 amide bonds. The second-order valence-corrected chi connectivity index (χ2v) is 5.85. The van der Waals surface area contributed by atoms with Crippen LogP contribution in [0.4, 0.5) is 0 Å². The van der Waals surface area contributed by atoms with Crippen LogP contribution < -0.4 is 5.32 Å². The summed E-state index contributed by atoms with van der Waals surface area (Å²) in [5, 5.41) is 14.0. The van der Waals surface area contributed by atoms with Crippen LogP contribution in [0.3, 0.4) is 0 Å². The molecule has 2 aliphatic rings. The summed E-state index contributed by atoms with van der Waals surface area (Å²) in [5.41, 5.74) is 4.02. The third kappa shape index (κ3) is 2.69. The van der Waals surface area contributed by atoms with Gasteiger partial charge in [0, 0.05) is 32.2 Å². The monoisotopic (exact) mass is 260 g/mol. The number of nitrogens with one attached hydrogen (secondary N) is 1. The maximum atomic E-state index is 10.6. The van der Waals surface area contributed by atoms with Crippen LogP contribution in [-0.2, 0) is 12.8 Å². The van der Waals surface area contributed by atoms with Crippen LogP contribution in [0.1, 0.15) is 36.1 Å². The zero-order valence-electron chi connectivity index (χ0n) is 11.7. The fourth-order valence-corrected chi connectivity index (χ4v) is 3.34. The van der Waals surface area contributed by atoms with Gasteiger partial charge in [0.2, 0.25) is 0 Å². The van der Waals surface area contributed by atoms with Gasteiger partial charge in [0.1, 0.15) is 0 Å². The van der Waals surface area contributed by atoms with Crippen molar-refractivity contribution in [1.29, 1.82) is 0 Å². The molecule has 1 aromatic rings. The van der Waals surface area contributed by atoms with E-state index in [0.717, 1.165) is 31.7 Å². The first-order valence-corrected chi connectivity index (χ1v) is 7.50. The molecule has 1 aromatic carbocycles. The number of aliphatic hydroxyl groups excluding tert-OH is 1. The highest BCUT2D eigenvalue weighted by atomic mass is 16.3. The van der Waals surface area contributed by atoms with Crippen LogP contribution in [0.2, 0.25) is 0 Å². The maximum absolute atomic E-state index is 10.6. The number of benzene rings is 1. The van der Waals surface area contributed by atoms with Crippen LogP contribution in [0, 0.1) is 0 Å². The average molecular weight is 260 g/mol. The minimum Gasteiger partial charge on any atom is -0.387 e. The number of piperazine rings is 1. The molecule has 0 radical (unpaired) electrons. The van der Waals surface area contributed by atoms with Crippen molar-refractivity contribution < 1.29 is 5.11 Å². The Bertz CT molecular complexity index is 440. The Kier molecular flexibility index (Phi) is 3.87. The van der Waals surface area contributed by atoms with Crippen molar-refractivity contribution in [3.05, 3.63) is 34.9 Å². The summed E-state index contributed by atoms with van der Waals surface area (Å²) < 4.78 is 0. The number of aliphatic hydroxyl groups is 1. The van der Waals surface area contributed by atoms with Gasteiger partial charge in [0.25, 0.3) is 0 Å². The first-order chi connectivity index (χ1) is 9.25. The summed E-state index contributed by atoms with van der Waals surface area (Å²) in [6, 6.07) is 6.76. The van der Waals surface area contributed by atoms with Crippen molar-refractivity contribution in [2.45, 2.75) is 38.3 Å². The molecule has 1 saturated heterocycles. The molecule has 3 rings (SSSR count). The van der Waals surface area contributed by atoms with Gasteiger partial charge < -0.3 is 10.4 Å². The summed E-state index contributed by atoms with van der Waals surface area (Å²) in [7, 11) is 0. The van der Waals surface area contributed by atoms with E-state index in [1.807, 2.05) is 0 Å². The van der Waals surface area contributed by atoms with Crippen molar-refractivity contribution >= 4 is 0 Å². The molecule has 0 aromatic heterocycles. The second-order valence-electron chi connectivity index (χ2n) is 5.85. The van der Waals surface area contributed by atoms with E-state index in [-0.39, 0.29) is 12.1 Å². The van der Waals surface area contributed by atoms with Crippen molar-refractivity contribution in [3.63, 3.8) is 0 Å². The Balaban J connectivity index is 1.73. The van der Waals surface area contributed by atoms with Crippen molar-refractivity contribution in [1.82, 2.24) is 10.2 Å². The fraction of sp³-hybridized carbons (Fsp3) is 0.625. The Hall–Kier alpha value is -0.900. The molecular formula is C16H24N2O. The molecule has 3 nitrogen and oxygen atoms in total. The largest absolute Gasteiger partial charge is 0.387 e. The first kappa shape index (κ1) is 13.1. The van der Waals surface area contributed by atoms with Gasteiger partial charge in [-0.1, -0.05) is 18.2 Å². The van der Waals surface area contributed by atoms with Gasteiger partial charge in [-0.2, -0.15) is 0 Å². The molecule has 104 valence electrons. The fourth-order valence-electron chi connectivity index (χ4n) is 3.34. The van der Waals surface area contributed by atoms with Gasteiger partial charge >= 0.3 is 0 Å². The minimum absolute atomic E-state index is 0.196. The summed E-state index contributed by atoms with van der Waals surface area (Å²) in [4.78, 5) is 2.38. The lowest BCUT2D eigenvalue weighted by Gasteiger charge is -2.35. The lowest BCUT2D eigenvalue weighted by atomic mass is 9.98. The van der Waals surface area contributed by atoms with E-state index in [1.54, 1.807) is 0 Å². The van der Waals surface area contributed by atoms with Crippen LogP contribution in [0.5, 0.6) is 0 Å². The molecule has 0 spiro atoms. The van der Waals surface area contributed by atoms with Crippen LogP contribution in [0.15, 0.2) is 18.2 Å². The number of hydrogen-bond donors (Lipinski definition) is 2. The molecule has 2 N–H and O–H groups in total. The topological polar surface area (TPSA) is 35.5 Å².